The Labute approximate surface area is 197 Å². The van der Waals surface area contributed by atoms with Gasteiger partial charge in [0.1, 0.15) is 18.3 Å². The van der Waals surface area contributed by atoms with E-state index in [4.69, 9.17) is 4.74 Å². The molecule has 0 fully saturated rings. The molecule has 0 bridgehead atoms. The highest BCUT2D eigenvalue weighted by molar-refractivity contribution is 5.97. The Morgan fingerprint density at radius 2 is 1.82 bits per heavy atom. The molecule has 0 unspecified atom stereocenters. The molecule has 8 heteroatoms. The van der Waals surface area contributed by atoms with Crippen LogP contribution in [0.15, 0.2) is 84.9 Å². The molecule has 0 saturated carbocycles. The summed E-state index contributed by atoms with van der Waals surface area (Å²) in [6.45, 7) is 2.10. The highest BCUT2D eigenvalue weighted by Crippen LogP contribution is 2.36. The maximum absolute atomic E-state index is 13.1. The van der Waals surface area contributed by atoms with E-state index in [9.17, 15) is 4.79 Å². The molecule has 8 nitrogen and oxygen atoms in total. The van der Waals surface area contributed by atoms with E-state index < -0.39 is 0 Å². The van der Waals surface area contributed by atoms with Crippen LogP contribution in [0, 0.1) is 6.92 Å². The van der Waals surface area contributed by atoms with Crippen molar-refractivity contribution >= 4 is 23.2 Å². The zero-order valence-electron chi connectivity index (χ0n) is 18.9. The van der Waals surface area contributed by atoms with Gasteiger partial charge >= 0.3 is 0 Å². The van der Waals surface area contributed by atoms with Gasteiger partial charge in [-0.2, -0.15) is 4.68 Å². The van der Waals surface area contributed by atoms with Gasteiger partial charge in [-0.15, -0.1) is 0 Å². The van der Waals surface area contributed by atoms with E-state index in [1.54, 1.807) is 17.9 Å². The van der Waals surface area contributed by atoms with Gasteiger partial charge in [-0.05, 0) is 46.7 Å². The molecule has 2 heterocycles. The van der Waals surface area contributed by atoms with Crippen molar-refractivity contribution in [2.24, 2.45) is 0 Å². The number of fused-ring (bicyclic) bond motifs is 1. The fourth-order valence-corrected chi connectivity index (χ4v) is 4.03. The van der Waals surface area contributed by atoms with Gasteiger partial charge in [0, 0.05) is 11.8 Å². The van der Waals surface area contributed by atoms with E-state index >= 15 is 0 Å². The number of allylic oxidation sites excluding steroid dienone is 1. The average Bonchev–Trinajstić information content (AvgIpc) is 3.36. The number of ether oxygens (including phenoxy) is 1. The first kappa shape index (κ1) is 21.4. The molecule has 0 saturated heterocycles. The number of aromatic nitrogens is 4. The van der Waals surface area contributed by atoms with Gasteiger partial charge < -0.3 is 10.1 Å². The van der Waals surface area contributed by atoms with Crippen LogP contribution in [0.25, 0.3) is 5.70 Å². The number of benzene rings is 3. The summed E-state index contributed by atoms with van der Waals surface area (Å²) >= 11 is 0. The first-order chi connectivity index (χ1) is 16.6. The van der Waals surface area contributed by atoms with E-state index in [1.165, 1.54) is 5.56 Å². The zero-order chi connectivity index (χ0) is 23.5. The standard InChI is InChI=1S/C26H24N6O2/c1-18-11-13-20(14-12-18)24-16-23(19-7-4-3-5-8-19)31(26-28-29-30-32(24)26)17-25(33)27-21-9-6-10-22(15-21)34-2/h3-16,24H,17H2,1-2H3,(H,27,33)/t24-/m0/s1. The van der Waals surface area contributed by atoms with E-state index in [-0.39, 0.29) is 18.5 Å². The van der Waals surface area contributed by atoms with Crippen LogP contribution in [0.3, 0.4) is 0 Å². The first-order valence-corrected chi connectivity index (χ1v) is 11.0. The fraction of sp³-hybridized carbons (Fsp3) is 0.154. The molecule has 0 radical (unpaired) electrons. The molecule has 4 aromatic rings. The van der Waals surface area contributed by atoms with Crippen molar-refractivity contribution in [3.8, 4) is 5.75 Å². The molecular weight excluding hydrogens is 428 g/mol. The van der Waals surface area contributed by atoms with Crippen LogP contribution in [0.4, 0.5) is 11.6 Å². The van der Waals surface area contributed by atoms with Crippen LogP contribution in [-0.4, -0.2) is 39.8 Å². The molecule has 170 valence electrons. The van der Waals surface area contributed by atoms with Gasteiger partial charge in [-0.3, -0.25) is 9.69 Å². The zero-order valence-corrected chi connectivity index (χ0v) is 18.9. The molecular formula is C26H24N6O2. The van der Waals surface area contributed by atoms with Crippen molar-refractivity contribution in [3.05, 3.63) is 102 Å². The molecule has 0 spiro atoms. The predicted molar refractivity (Wildman–Crippen MR) is 131 cm³/mol. The normalized spacial score (nSPS) is 14.8. The minimum atomic E-state index is -0.196. The molecule has 3 aromatic carbocycles. The summed E-state index contributed by atoms with van der Waals surface area (Å²) in [6.07, 6.45) is 2.10. The van der Waals surface area contributed by atoms with Crippen LogP contribution >= 0.6 is 0 Å². The number of hydrogen-bond donors (Lipinski definition) is 1. The Hall–Kier alpha value is -4.46. The summed E-state index contributed by atoms with van der Waals surface area (Å²) in [5, 5.41) is 15.4. The number of aryl methyl sites for hydroxylation is 1. The lowest BCUT2D eigenvalue weighted by atomic mass is 10.00. The number of amides is 1. The summed E-state index contributed by atoms with van der Waals surface area (Å²) in [5.74, 6) is 0.983. The van der Waals surface area contributed by atoms with Crippen molar-refractivity contribution in [1.82, 2.24) is 20.2 Å². The summed E-state index contributed by atoms with van der Waals surface area (Å²) in [6, 6.07) is 25.3. The molecule has 1 N–H and O–H groups in total. The first-order valence-electron chi connectivity index (χ1n) is 11.0. The molecule has 34 heavy (non-hydrogen) atoms. The van der Waals surface area contributed by atoms with Crippen LogP contribution in [0.5, 0.6) is 5.75 Å². The molecule has 1 amide bonds. The molecule has 5 rings (SSSR count). The predicted octanol–water partition coefficient (Wildman–Crippen LogP) is 4.08. The summed E-state index contributed by atoms with van der Waals surface area (Å²) in [5.41, 5.74) is 4.74. The minimum absolute atomic E-state index is 0.0406. The highest BCUT2D eigenvalue weighted by atomic mass is 16.5. The lowest BCUT2D eigenvalue weighted by Crippen LogP contribution is -2.37. The second-order valence-corrected chi connectivity index (χ2v) is 8.06. The number of nitrogens with zero attached hydrogens (tertiary/aromatic N) is 5. The van der Waals surface area contributed by atoms with Crippen molar-refractivity contribution in [2.45, 2.75) is 13.0 Å². The Balaban J connectivity index is 1.51. The minimum Gasteiger partial charge on any atom is -0.497 e. The molecule has 0 aliphatic carbocycles. The van der Waals surface area contributed by atoms with E-state index in [1.807, 2.05) is 53.4 Å². The highest BCUT2D eigenvalue weighted by Gasteiger charge is 2.31. The third-order valence-corrected chi connectivity index (χ3v) is 5.73. The largest absolute Gasteiger partial charge is 0.497 e. The molecule has 1 atom stereocenters. The van der Waals surface area contributed by atoms with Gasteiger partial charge in [-0.1, -0.05) is 71.3 Å². The Morgan fingerprint density at radius 1 is 1.03 bits per heavy atom. The van der Waals surface area contributed by atoms with Gasteiger partial charge in [-0.25, -0.2) is 0 Å². The number of nitrogens with one attached hydrogen (secondary N) is 1. The van der Waals surface area contributed by atoms with Crippen molar-refractivity contribution in [1.29, 1.82) is 0 Å². The SMILES string of the molecule is COc1cccc(NC(=O)CN2C(c3ccccc3)=C[C@@H](c3ccc(C)cc3)n3nnnc32)c1. The Kier molecular flexibility index (Phi) is 5.78. The Morgan fingerprint density at radius 3 is 2.59 bits per heavy atom. The van der Waals surface area contributed by atoms with Crippen LogP contribution in [0.1, 0.15) is 22.7 Å². The summed E-state index contributed by atoms with van der Waals surface area (Å²) in [7, 11) is 1.59. The van der Waals surface area contributed by atoms with Crippen LogP contribution in [-0.2, 0) is 4.79 Å². The van der Waals surface area contributed by atoms with E-state index in [2.05, 4.69) is 58.1 Å². The molecule has 1 aliphatic heterocycles. The number of hydrogen-bond acceptors (Lipinski definition) is 6. The second-order valence-electron chi connectivity index (χ2n) is 8.06. The lowest BCUT2D eigenvalue weighted by molar-refractivity contribution is -0.114. The quantitative estimate of drug-likeness (QED) is 0.475. The van der Waals surface area contributed by atoms with Gasteiger partial charge in [0.2, 0.25) is 5.91 Å². The average molecular weight is 453 g/mol. The number of anilines is 2. The Bertz CT molecular complexity index is 1330. The molecule has 1 aromatic heterocycles. The van der Waals surface area contributed by atoms with Crippen molar-refractivity contribution in [2.75, 3.05) is 23.9 Å². The summed E-state index contributed by atoms with van der Waals surface area (Å²) < 4.78 is 7.00. The fourth-order valence-electron chi connectivity index (χ4n) is 4.03. The lowest BCUT2D eigenvalue weighted by Gasteiger charge is -2.32. The van der Waals surface area contributed by atoms with E-state index in [0.29, 0.717) is 17.4 Å². The maximum atomic E-state index is 13.1. The smallest absolute Gasteiger partial charge is 0.251 e. The number of methoxy groups -OCH3 is 1. The number of carbonyl (C=O) groups excluding carboxylic acids is 1. The third kappa shape index (κ3) is 4.25. The number of tetrazole rings is 1. The number of carbonyl (C=O) groups is 1. The topological polar surface area (TPSA) is 85.2 Å². The van der Waals surface area contributed by atoms with Crippen molar-refractivity contribution in [3.63, 3.8) is 0 Å². The second kappa shape index (κ2) is 9.19. The molecule has 1 aliphatic rings. The van der Waals surface area contributed by atoms with Gasteiger partial charge in [0.05, 0.1) is 12.8 Å². The third-order valence-electron chi connectivity index (χ3n) is 5.73. The monoisotopic (exact) mass is 452 g/mol. The van der Waals surface area contributed by atoms with Crippen molar-refractivity contribution < 1.29 is 9.53 Å². The summed E-state index contributed by atoms with van der Waals surface area (Å²) in [4.78, 5) is 14.9. The van der Waals surface area contributed by atoms with Crippen LogP contribution < -0.4 is 15.0 Å². The van der Waals surface area contributed by atoms with Gasteiger partial charge in [0.25, 0.3) is 5.95 Å². The number of rotatable bonds is 6. The maximum Gasteiger partial charge on any atom is 0.251 e. The van der Waals surface area contributed by atoms with Gasteiger partial charge in [0.15, 0.2) is 0 Å². The van der Waals surface area contributed by atoms with Crippen LogP contribution in [0.2, 0.25) is 0 Å². The van der Waals surface area contributed by atoms with E-state index in [0.717, 1.165) is 16.8 Å².